The van der Waals surface area contributed by atoms with Crippen LogP contribution in [0.4, 0.5) is 0 Å². The van der Waals surface area contributed by atoms with E-state index in [1.807, 2.05) is 0 Å². The summed E-state index contributed by atoms with van der Waals surface area (Å²) in [5, 5.41) is 13.4. The Kier molecular flexibility index (Phi) is 8.17. The van der Waals surface area contributed by atoms with Crippen molar-refractivity contribution in [3.8, 4) is 0 Å². The monoisotopic (exact) mass is 299 g/mol. The van der Waals surface area contributed by atoms with Gasteiger partial charge in [0.25, 0.3) is 0 Å². The molecule has 0 radical (unpaired) electrons. The lowest BCUT2D eigenvalue weighted by Gasteiger charge is -2.37. The molecule has 0 aromatic rings. The zero-order chi connectivity index (χ0) is 15.9. The van der Waals surface area contributed by atoms with Gasteiger partial charge in [-0.05, 0) is 65.8 Å². The Hall–Kier alpha value is -0.160. The highest BCUT2D eigenvalue weighted by Gasteiger charge is 2.28. The number of hydrogen-bond donors (Lipinski definition) is 2. The Balaban J connectivity index is 2.36. The molecule has 0 saturated carbocycles. The van der Waals surface area contributed by atoms with E-state index in [4.69, 9.17) is 0 Å². The fourth-order valence-electron chi connectivity index (χ4n) is 3.49. The first-order valence-corrected chi connectivity index (χ1v) is 8.70. The highest BCUT2D eigenvalue weighted by Crippen LogP contribution is 2.20. The van der Waals surface area contributed by atoms with Gasteiger partial charge in [0, 0.05) is 17.6 Å². The number of nitrogens with zero attached hydrogens (tertiary/aromatic N) is 2. The van der Waals surface area contributed by atoms with E-state index in [0.29, 0.717) is 6.04 Å². The van der Waals surface area contributed by atoms with Crippen LogP contribution in [-0.2, 0) is 0 Å². The minimum Gasteiger partial charge on any atom is -0.394 e. The summed E-state index contributed by atoms with van der Waals surface area (Å²) >= 11 is 0. The van der Waals surface area contributed by atoms with Gasteiger partial charge in [0.2, 0.25) is 0 Å². The quantitative estimate of drug-likeness (QED) is 0.682. The first-order valence-electron chi connectivity index (χ1n) is 8.70. The number of aliphatic hydroxyl groups is 1. The molecule has 0 aromatic heterocycles. The van der Waals surface area contributed by atoms with Crippen molar-refractivity contribution in [3.63, 3.8) is 0 Å². The summed E-state index contributed by atoms with van der Waals surface area (Å²) in [5.41, 5.74) is -0.0954. The Bertz CT molecular complexity index is 271. The van der Waals surface area contributed by atoms with E-state index in [1.165, 1.54) is 25.9 Å². The third kappa shape index (κ3) is 6.23. The van der Waals surface area contributed by atoms with Gasteiger partial charge in [-0.25, -0.2) is 0 Å². The summed E-state index contributed by atoms with van der Waals surface area (Å²) in [7, 11) is 4.48. The van der Waals surface area contributed by atoms with Crippen molar-refractivity contribution < 1.29 is 5.11 Å². The predicted molar refractivity (Wildman–Crippen MR) is 90.8 cm³/mol. The lowest BCUT2D eigenvalue weighted by atomic mass is 9.90. The fourth-order valence-corrected chi connectivity index (χ4v) is 3.49. The van der Waals surface area contributed by atoms with Crippen LogP contribution in [0.15, 0.2) is 0 Å². The van der Waals surface area contributed by atoms with E-state index in [2.05, 4.69) is 50.0 Å². The standard InChI is InChI=1S/C17H37N3O/c1-6-17(14-21,18-15(2)3)10-7-11-20(5)16-8-12-19(4)13-9-16/h15-16,18,21H,6-14H2,1-5H3. The second-order valence-corrected chi connectivity index (χ2v) is 7.21. The summed E-state index contributed by atoms with van der Waals surface area (Å²) in [6.07, 6.45) is 5.76. The maximum absolute atomic E-state index is 9.79. The van der Waals surface area contributed by atoms with Crippen LogP contribution < -0.4 is 5.32 Å². The number of piperidine rings is 1. The number of rotatable bonds is 9. The highest BCUT2D eigenvalue weighted by molar-refractivity contribution is 4.88. The molecule has 1 unspecified atom stereocenters. The first kappa shape index (κ1) is 18.9. The first-order chi connectivity index (χ1) is 9.92. The number of hydrogen-bond acceptors (Lipinski definition) is 4. The SMILES string of the molecule is CCC(CO)(CCCN(C)C1CCN(C)CC1)NC(C)C. The zero-order valence-corrected chi connectivity index (χ0v) is 14.9. The largest absolute Gasteiger partial charge is 0.394 e. The van der Waals surface area contributed by atoms with Crippen LogP contribution in [0.1, 0.15) is 52.9 Å². The molecule has 0 aliphatic carbocycles. The fraction of sp³-hybridized carbons (Fsp3) is 1.00. The van der Waals surface area contributed by atoms with Gasteiger partial charge in [0.15, 0.2) is 0 Å². The van der Waals surface area contributed by atoms with Crippen molar-refractivity contribution in [2.24, 2.45) is 0 Å². The normalized spacial score (nSPS) is 21.1. The van der Waals surface area contributed by atoms with Crippen molar-refractivity contribution in [2.75, 3.05) is 40.3 Å². The van der Waals surface area contributed by atoms with E-state index in [1.54, 1.807) is 0 Å². The van der Waals surface area contributed by atoms with Crippen LogP contribution in [0, 0.1) is 0 Å². The molecule has 2 N–H and O–H groups in total. The molecule has 0 spiro atoms. The van der Waals surface area contributed by atoms with Crippen molar-refractivity contribution >= 4 is 0 Å². The van der Waals surface area contributed by atoms with Gasteiger partial charge in [-0.3, -0.25) is 0 Å². The van der Waals surface area contributed by atoms with Crippen LogP contribution in [0.25, 0.3) is 0 Å². The Morgan fingerprint density at radius 3 is 2.43 bits per heavy atom. The van der Waals surface area contributed by atoms with Crippen LogP contribution in [-0.4, -0.2) is 72.9 Å². The van der Waals surface area contributed by atoms with E-state index >= 15 is 0 Å². The second kappa shape index (κ2) is 9.09. The molecular weight excluding hydrogens is 262 g/mol. The summed E-state index contributed by atoms with van der Waals surface area (Å²) in [6, 6.07) is 1.16. The molecular formula is C17H37N3O. The van der Waals surface area contributed by atoms with Crippen LogP contribution in [0.3, 0.4) is 0 Å². The van der Waals surface area contributed by atoms with Crippen molar-refractivity contribution in [3.05, 3.63) is 0 Å². The van der Waals surface area contributed by atoms with Gasteiger partial charge in [-0.2, -0.15) is 0 Å². The highest BCUT2D eigenvalue weighted by atomic mass is 16.3. The van der Waals surface area contributed by atoms with Gasteiger partial charge in [0.05, 0.1) is 6.61 Å². The third-order valence-electron chi connectivity index (χ3n) is 5.05. The van der Waals surface area contributed by atoms with Crippen LogP contribution >= 0.6 is 0 Å². The van der Waals surface area contributed by atoms with Crippen molar-refractivity contribution in [1.82, 2.24) is 15.1 Å². The van der Waals surface area contributed by atoms with E-state index < -0.39 is 0 Å². The van der Waals surface area contributed by atoms with Crippen LogP contribution in [0.5, 0.6) is 0 Å². The van der Waals surface area contributed by atoms with Gasteiger partial charge in [-0.1, -0.05) is 20.8 Å². The Morgan fingerprint density at radius 1 is 1.33 bits per heavy atom. The maximum Gasteiger partial charge on any atom is 0.0613 e. The molecule has 1 atom stereocenters. The molecule has 1 heterocycles. The summed E-state index contributed by atoms with van der Waals surface area (Å²) in [6.45, 7) is 10.3. The number of nitrogens with one attached hydrogen (secondary N) is 1. The summed E-state index contributed by atoms with van der Waals surface area (Å²) in [5.74, 6) is 0. The van der Waals surface area contributed by atoms with Gasteiger partial charge in [-0.15, -0.1) is 0 Å². The zero-order valence-electron chi connectivity index (χ0n) is 14.9. The minimum absolute atomic E-state index is 0.0954. The lowest BCUT2D eigenvalue weighted by molar-refractivity contribution is 0.116. The topological polar surface area (TPSA) is 38.7 Å². The molecule has 21 heavy (non-hydrogen) atoms. The molecule has 1 aliphatic heterocycles. The van der Waals surface area contributed by atoms with E-state index in [9.17, 15) is 5.11 Å². The molecule has 126 valence electrons. The average Bonchev–Trinajstić information content (AvgIpc) is 2.46. The Morgan fingerprint density at radius 2 is 1.95 bits per heavy atom. The molecule has 4 nitrogen and oxygen atoms in total. The summed E-state index contributed by atoms with van der Waals surface area (Å²) < 4.78 is 0. The van der Waals surface area contributed by atoms with Gasteiger partial charge >= 0.3 is 0 Å². The Labute approximate surface area is 131 Å². The second-order valence-electron chi connectivity index (χ2n) is 7.21. The maximum atomic E-state index is 9.79. The third-order valence-corrected chi connectivity index (χ3v) is 5.05. The lowest BCUT2D eigenvalue weighted by Crippen LogP contribution is -2.51. The van der Waals surface area contributed by atoms with Gasteiger partial charge in [0.1, 0.15) is 0 Å². The van der Waals surface area contributed by atoms with E-state index in [-0.39, 0.29) is 12.1 Å². The molecule has 1 aliphatic rings. The average molecular weight is 300 g/mol. The number of likely N-dealkylation sites (tertiary alicyclic amines) is 1. The van der Waals surface area contributed by atoms with Crippen molar-refractivity contribution in [2.45, 2.75) is 70.5 Å². The molecule has 0 amide bonds. The van der Waals surface area contributed by atoms with E-state index in [0.717, 1.165) is 31.8 Å². The smallest absolute Gasteiger partial charge is 0.0613 e. The van der Waals surface area contributed by atoms with Crippen LogP contribution in [0.2, 0.25) is 0 Å². The summed E-state index contributed by atoms with van der Waals surface area (Å²) in [4.78, 5) is 4.95. The molecule has 4 heteroatoms. The minimum atomic E-state index is -0.0954. The molecule has 0 aromatic carbocycles. The molecule has 1 fully saturated rings. The predicted octanol–water partition coefficient (Wildman–Crippen LogP) is 1.93. The number of aliphatic hydroxyl groups excluding tert-OH is 1. The molecule has 0 bridgehead atoms. The van der Waals surface area contributed by atoms with Crippen molar-refractivity contribution in [1.29, 1.82) is 0 Å². The molecule has 1 saturated heterocycles. The molecule has 1 rings (SSSR count). The van der Waals surface area contributed by atoms with Gasteiger partial charge < -0.3 is 20.2 Å².